The SMILES string of the molecule is CC(C)c1ccc(-c2ccc(Oc3cc(C(=O)NC4CCN(CC(C)(C)O)CC4)c(F)cc3CN3CCCC3=O)cc2)nn1. The highest BCUT2D eigenvalue weighted by atomic mass is 19.1. The lowest BCUT2D eigenvalue weighted by molar-refractivity contribution is -0.128. The molecule has 2 aliphatic heterocycles. The number of β-amino-alcohol motifs (C(OH)–C–C–N with tert-alkyl or cyclic N) is 1. The van der Waals surface area contributed by atoms with Crippen molar-refractivity contribution in [3.05, 3.63) is 71.2 Å². The third-order valence-electron chi connectivity index (χ3n) is 8.12. The number of carbonyl (C=O) groups is 2. The predicted molar refractivity (Wildman–Crippen MR) is 166 cm³/mol. The molecule has 0 radical (unpaired) electrons. The average molecular weight is 604 g/mol. The van der Waals surface area contributed by atoms with Gasteiger partial charge >= 0.3 is 0 Å². The summed E-state index contributed by atoms with van der Waals surface area (Å²) < 4.78 is 21.7. The lowest BCUT2D eigenvalue weighted by Gasteiger charge is -2.35. The Morgan fingerprint density at radius 3 is 2.41 bits per heavy atom. The minimum absolute atomic E-state index is 0.0167. The van der Waals surface area contributed by atoms with E-state index < -0.39 is 17.3 Å². The third kappa shape index (κ3) is 7.98. The molecule has 2 fully saturated rings. The van der Waals surface area contributed by atoms with Gasteiger partial charge in [-0.15, -0.1) is 0 Å². The molecule has 2 N–H and O–H groups in total. The van der Waals surface area contributed by atoms with E-state index in [0.717, 1.165) is 36.5 Å². The molecule has 0 saturated carbocycles. The molecular weight excluding hydrogens is 561 g/mol. The van der Waals surface area contributed by atoms with Crippen LogP contribution in [0.5, 0.6) is 11.5 Å². The number of nitrogens with zero attached hydrogens (tertiary/aromatic N) is 4. The number of rotatable bonds is 10. The van der Waals surface area contributed by atoms with Crippen LogP contribution >= 0.6 is 0 Å². The first kappa shape index (κ1) is 31.5. The number of aromatic nitrogens is 2. The van der Waals surface area contributed by atoms with Crippen molar-refractivity contribution in [3.8, 4) is 22.8 Å². The number of hydrogen-bond acceptors (Lipinski definition) is 7. The predicted octanol–water partition coefficient (Wildman–Crippen LogP) is 5.29. The lowest BCUT2D eigenvalue weighted by Crippen LogP contribution is -2.48. The van der Waals surface area contributed by atoms with Gasteiger partial charge in [0, 0.05) is 56.3 Å². The first-order valence-corrected chi connectivity index (χ1v) is 15.4. The van der Waals surface area contributed by atoms with Crippen LogP contribution in [0.15, 0.2) is 48.5 Å². The zero-order chi connectivity index (χ0) is 31.4. The molecular formula is C34H42FN5O4. The number of aliphatic hydroxyl groups is 1. The normalized spacial score (nSPS) is 16.5. The average Bonchev–Trinajstić information content (AvgIpc) is 3.39. The fourth-order valence-electron chi connectivity index (χ4n) is 5.73. The number of likely N-dealkylation sites (tertiary alicyclic amines) is 2. The number of nitrogens with one attached hydrogen (secondary N) is 1. The van der Waals surface area contributed by atoms with Gasteiger partial charge in [-0.05, 0) is 87.6 Å². The molecule has 2 aliphatic rings. The number of benzene rings is 2. The quantitative estimate of drug-likeness (QED) is 0.324. The van der Waals surface area contributed by atoms with Crippen LogP contribution in [0, 0.1) is 5.82 Å². The standard InChI is InChI=1S/C34H42FN5O4/c1-22(2)29-11-12-30(38-37-29)23-7-9-26(10-8-23)44-31-19-27(28(35)18-24(31)20-40-15-5-6-32(40)41)33(42)36-25-13-16-39(17-14-25)21-34(3,4)43/h7-12,18-19,22,25,43H,5-6,13-17,20-21H2,1-4H3,(H,36,42). The second-order valence-corrected chi connectivity index (χ2v) is 12.8. The summed E-state index contributed by atoms with van der Waals surface area (Å²) in [6.07, 6.45) is 2.64. The zero-order valence-electron chi connectivity index (χ0n) is 26.0. The monoisotopic (exact) mass is 603 g/mol. The van der Waals surface area contributed by atoms with Crippen LogP contribution in [0.2, 0.25) is 0 Å². The van der Waals surface area contributed by atoms with Gasteiger partial charge in [-0.3, -0.25) is 9.59 Å². The Labute approximate surface area is 258 Å². The molecule has 0 atom stereocenters. The summed E-state index contributed by atoms with van der Waals surface area (Å²) in [5.74, 6) is -0.0250. The molecule has 0 unspecified atom stereocenters. The summed E-state index contributed by atoms with van der Waals surface area (Å²) in [6, 6.07) is 13.9. The van der Waals surface area contributed by atoms with Crippen LogP contribution in [-0.2, 0) is 11.3 Å². The molecule has 3 heterocycles. The largest absolute Gasteiger partial charge is 0.457 e. The van der Waals surface area contributed by atoms with Gasteiger partial charge in [-0.25, -0.2) is 4.39 Å². The fraction of sp³-hybridized carbons (Fsp3) is 0.471. The molecule has 0 aliphatic carbocycles. The molecule has 1 aromatic heterocycles. The van der Waals surface area contributed by atoms with Crippen LogP contribution in [0.3, 0.4) is 0 Å². The van der Waals surface area contributed by atoms with Gasteiger partial charge in [0.1, 0.15) is 17.3 Å². The minimum Gasteiger partial charge on any atom is -0.457 e. The molecule has 2 saturated heterocycles. The highest BCUT2D eigenvalue weighted by Crippen LogP contribution is 2.32. The van der Waals surface area contributed by atoms with E-state index in [1.807, 2.05) is 24.3 Å². The molecule has 3 aromatic rings. The van der Waals surface area contributed by atoms with E-state index in [1.165, 1.54) is 12.1 Å². The van der Waals surface area contributed by atoms with Crippen LogP contribution in [0.4, 0.5) is 4.39 Å². The van der Waals surface area contributed by atoms with Crippen molar-refractivity contribution in [1.82, 2.24) is 25.3 Å². The number of amides is 2. The van der Waals surface area contributed by atoms with Crippen molar-refractivity contribution >= 4 is 11.8 Å². The van der Waals surface area contributed by atoms with Crippen molar-refractivity contribution in [3.63, 3.8) is 0 Å². The zero-order valence-corrected chi connectivity index (χ0v) is 26.0. The Bertz CT molecular complexity index is 1460. The minimum atomic E-state index is -0.787. The van der Waals surface area contributed by atoms with Crippen LogP contribution in [-0.4, -0.2) is 74.7 Å². The molecule has 2 aromatic carbocycles. The van der Waals surface area contributed by atoms with Gasteiger partial charge in [0.2, 0.25) is 5.91 Å². The van der Waals surface area contributed by atoms with Crippen molar-refractivity contribution in [1.29, 1.82) is 0 Å². The third-order valence-corrected chi connectivity index (χ3v) is 8.12. The van der Waals surface area contributed by atoms with Crippen molar-refractivity contribution in [2.24, 2.45) is 0 Å². The maximum absolute atomic E-state index is 15.4. The number of halogens is 1. The Morgan fingerprint density at radius 1 is 1.09 bits per heavy atom. The van der Waals surface area contributed by atoms with Gasteiger partial charge in [0.05, 0.1) is 22.6 Å². The highest BCUT2D eigenvalue weighted by molar-refractivity contribution is 5.95. The van der Waals surface area contributed by atoms with Gasteiger partial charge in [0.25, 0.3) is 5.91 Å². The Hall–Kier alpha value is -3.89. The van der Waals surface area contributed by atoms with Crippen LogP contribution in [0.25, 0.3) is 11.3 Å². The lowest BCUT2D eigenvalue weighted by atomic mass is 10.0. The smallest absolute Gasteiger partial charge is 0.254 e. The van der Waals surface area contributed by atoms with Crippen molar-refractivity contribution in [2.45, 2.75) is 77.5 Å². The summed E-state index contributed by atoms with van der Waals surface area (Å²) in [4.78, 5) is 29.5. The second kappa shape index (κ2) is 13.4. The maximum atomic E-state index is 15.4. The van der Waals surface area contributed by atoms with E-state index in [-0.39, 0.29) is 30.0 Å². The van der Waals surface area contributed by atoms with E-state index in [1.54, 1.807) is 30.9 Å². The van der Waals surface area contributed by atoms with Gasteiger partial charge in [0.15, 0.2) is 0 Å². The Balaban J connectivity index is 1.33. The summed E-state index contributed by atoms with van der Waals surface area (Å²) in [7, 11) is 0. The Kier molecular flexibility index (Phi) is 9.60. The fourth-order valence-corrected chi connectivity index (χ4v) is 5.73. The molecule has 0 bridgehead atoms. The van der Waals surface area contributed by atoms with E-state index in [0.29, 0.717) is 49.4 Å². The van der Waals surface area contributed by atoms with E-state index in [4.69, 9.17) is 4.74 Å². The van der Waals surface area contributed by atoms with Crippen molar-refractivity contribution in [2.75, 3.05) is 26.2 Å². The van der Waals surface area contributed by atoms with Gasteiger partial charge in [-0.2, -0.15) is 10.2 Å². The number of hydrogen-bond donors (Lipinski definition) is 2. The molecule has 0 spiro atoms. The van der Waals surface area contributed by atoms with E-state index in [9.17, 15) is 14.7 Å². The summed E-state index contributed by atoms with van der Waals surface area (Å²) >= 11 is 0. The Morgan fingerprint density at radius 2 is 1.82 bits per heavy atom. The first-order chi connectivity index (χ1) is 20.9. The number of piperidine rings is 1. The molecule has 2 amide bonds. The van der Waals surface area contributed by atoms with Crippen LogP contribution in [0.1, 0.15) is 80.9 Å². The molecule has 5 rings (SSSR count). The topological polar surface area (TPSA) is 108 Å². The van der Waals surface area contributed by atoms with Gasteiger partial charge in [-0.1, -0.05) is 13.8 Å². The van der Waals surface area contributed by atoms with E-state index >= 15 is 4.39 Å². The first-order valence-electron chi connectivity index (χ1n) is 15.4. The molecule has 9 nitrogen and oxygen atoms in total. The molecule has 234 valence electrons. The van der Waals surface area contributed by atoms with E-state index in [2.05, 4.69) is 34.3 Å². The second-order valence-electron chi connectivity index (χ2n) is 12.8. The summed E-state index contributed by atoms with van der Waals surface area (Å²) in [6.45, 7) is 10.5. The molecule has 10 heteroatoms. The molecule has 44 heavy (non-hydrogen) atoms. The van der Waals surface area contributed by atoms with Crippen molar-refractivity contribution < 1.29 is 23.8 Å². The summed E-state index contributed by atoms with van der Waals surface area (Å²) in [5.41, 5.74) is 2.13. The maximum Gasteiger partial charge on any atom is 0.254 e. The number of ether oxygens (including phenoxy) is 1. The highest BCUT2D eigenvalue weighted by Gasteiger charge is 2.27. The van der Waals surface area contributed by atoms with Gasteiger partial charge < -0.3 is 25.0 Å². The number of carbonyl (C=O) groups excluding carboxylic acids is 2. The van der Waals surface area contributed by atoms with Crippen LogP contribution < -0.4 is 10.1 Å². The summed E-state index contributed by atoms with van der Waals surface area (Å²) in [5, 5.41) is 21.8.